The summed E-state index contributed by atoms with van der Waals surface area (Å²) >= 11 is 1.92. The van der Waals surface area contributed by atoms with Gasteiger partial charge in [0.05, 0.1) is 19.1 Å². The van der Waals surface area contributed by atoms with Gasteiger partial charge in [0.25, 0.3) is 0 Å². The van der Waals surface area contributed by atoms with Crippen LogP contribution in [0.3, 0.4) is 0 Å². The summed E-state index contributed by atoms with van der Waals surface area (Å²) in [4.78, 5) is 0. The number of hydrogen-bond donors (Lipinski definition) is 0. The van der Waals surface area contributed by atoms with Crippen LogP contribution >= 0.6 is 11.8 Å². The van der Waals surface area contributed by atoms with E-state index in [4.69, 9.17) is 10.00 Å². The number of thioether (sulfide) groups is 1. The fourth-order valence-electron chi connectivity index (χ4n) is 1.33. The largest absolute Gasteiger partial charge is 0.493 e. The second kappa shape index (κ2) is 8.03. The lowest BCUT2D eigenvalue weighted by Gasteiger charge is -2.07. The highest BCUT2D eigenvalue weighted by Crippen LogP contribution is 2.13. The molecule has 0 aliphatic rings. The number of nitrogens with zero attached hydrogens (tertiary/aromatic N) is 1. The molecule has 0 saturated heterocycles. The Kier molecular flexibility index (Phi) is 6.57. The molecule has 0 atom stereocenters. The molecule has 0 saturated carbocycles. The molecule has 0 unspecified atom stereocenters. The summed E-state index contributed by atoms with van der Waals surface area (Å²) in [6.45, 7) is 5.19. The van der Waals surface area contributed by atoms with E-state index in [0.29, 0.717) is 6.42 Å². The first-order valence-corrected chi connectivity index (χ1v) is 7.04. The number of ether oxygens (including phenoxy) is 1. The maximum Gasteiger partial charge on any atom is 0.119 e. The Morgan fingerprint density at radius 2 is 2.00 bits per heavy atom. The number of nitriles is 1. The van der Waals surface area contributed by atoms with Gasteiger partial charge in [0.2, 0.25) is 0 Å². The van der Waals surface area contributed by atoms with Crippen LogP contribution in [0.4, 0.5) is 0 Å². The number of hydrogen-bond acceptors (Lipinski definition) is 3. The van der Waals surface area contributed by atoms with Gasteiger partial charge in [-0.15, -0.1) is 0 Å². The molecule has 2 nitrogen and oxygen atoms in total. The van der Waals surface area contributed by atoms with Crippen molar-refractivity contribution in [3.05, 3.63) is 29.8 Å². The van der Waals surface area contributed by atoms with Crippen molar-refractivity contribution in [2.75, 3.05) is 18.1 Å². The molecule has 3 heteroatoms. The zero-order chi connectivity index (χ0) is 12.5. The SMILES string of the molecule is CC(C)CSCCOc1ccc(CC#N)cc1. The third-order valence-electron chi connectivity index (χ3n) is 2.15. The minimum Gasteiger partial charge on any atom is -0.493 e. The van der Waals surface area contributed by atoms with Crippen LogP contribution in [0.5, 0.6) is 5.75 Å². The van der Waals surface area contributed by atoms with E-state index >= 15 is 0 Å². The molecule has 0 fully saturated rings. The molecule has 0 bridgehead atoms. The average Bonchev–Trinajstić information content (AvgIpc) is 2.31. The Balaban J connectivity index is 2.21. The van der Waals surface area contributed by atoms with Gasteiger partial charge in [-0.3, -0.25) is 0 Å². The van der Waals surface area contributed by atoms with Gasteiger partial charge in [0, 0.05) is 5.75 Å². The Morgan fingerprint density at radius 1 is 1.29 bits per heavy atom. The van der Waals surface area contributed by atoms with E-state index in [1.807, 2.05) is 36.0 Å². The molecular weight excluding hydrogens is 230 g/mol. The van der Waals surface area contributed by atoms with E-state index in [2.05, 4.69) is 19.9 Å². The highest BCUT2D eigenvalue weighted by atomic mass is 32.2. The minimum atomic E-state index is 0.463. The lowest BCUT2D eigenvalue weighted by molar-refractivity contribution is 0.344. The Morgan fingerprint density at radius 3 is 2.59 bits per heavy atom. The van der Waals surface area contributed by atoms with Crippen LogP contribution in [0.1, 0.15) is 19.4 Å². The van der Waals surface area contributed by atoms with Crippen LogP contribution in [0.2, 0.25) is 0 Å². The zero-order valence-corrected chi connectivity index (χ0v) is 11.3. The predicted molar refractivity (Wildman–Crippen MR) is 73.4 cm³/mol. The van der Waals surface area contributed by atoms with E-state index in [1.54, 1.807) is 0 Å². The van der Waals surface area contributed by atoms with E-state index in [9.17, 15) is 0 Å². The van der Waals surface area contributed by atoms with E-state index in [-0.39, 0.29) is 0 Å². The lowest BCUT2D eigenvalue weighted by atomic mass is 10.2. The molecule has 0 heterocycles. The van der Waals surface area contributed by atoms with Gasteiger partial charge in [0.1, 0.15) is 5.75 Å². The maximum atomic E-state index is 8.55. The summed E-state index contributed by atoms with van der Waals surface area (Å²) < 4.78 is 5.62. The average molecular weight is 249 g/mol. The third kappa shape index (κ3) is 6.23. The van der Waals surface area contributed by atoms with Gasteiger partial charge >= 0.3 is 0 Å². The summed E-state index contributed by atoms with van der Waals surface area (Å²) in [5.41, 5.74) is 1.04. The van der Waals surface area contributed by atoms with Crippen LogP contribution in [0, 0.1) is 17.2 Å². The normalized spacial score (nSPS) is 10.2. The predicted octanol–water partition coefficient (Wildman–Crippen LogP) is 3.52. The van der Waals surface area contributed by atoms with Crippen LogP contribution < -0.4 is 4.74 Å². The molecule has 0 aliphatic heterocycles. The van der Waals surface area contributed by atoms with Gasteiger partial charge in [-0.2, -0.15) is 17.0 Å². The standard InChI is InChI=1S/C14H19NOS/c1-12(2)11-17-10-9-16-14-5-3-13(4-6-14)7-8-15/h3-6,12H,7,9-11H2,1-2H3. The van der Waals surface area contributed by atoms with Gasteiger partial charge in [-0.1, -0.05) is 26.0 Å². The highest BCUT2D eigenvalue weighted by molar-refractivity contribution is 7.99. The second-order valence-corrected chi connectivity index (χ2v) is 5.45. The topological polar surface area (TPSA) is 33.0 Å². The molecule has 1 aromatic carbocycles. The van der Waals surface area contributed by atoms with Crippen molar-refractivity contribution in [2.24, 2.45) is 5.92 Å². The molecule has 0 N–H and O–H groups in total. The Labute approximate surface area is 108 Å². The highest BCUT2D eigenvalue weighted by Gasteiger charge is 1.97. The van der Waals surface area contributed by atoms with Crippen molar-refractivity contribution in [1.82, 2.24) is 0 Å². The fraction of sp³-hybridized carbons (Fsp3) is 0.500. The molecule has 17 heavy (non-hydrogen) atoms. The molecule has 0 aliphatic carbocycles. The first-order valence-electron chi connectivity index (χ1n) is 5.89. The smallest absolute Gasteiger partial charge is 0.119 e. The van der Waals surface area contributed by atoms with Crippen LogP contribution in [0.25, 0.3) is 0 Å². The summed E-state index contributed by atoms with van der Waals surface area (Å²) in [6.07, 6.45) is 0.463. The molecule has 0 amide bonds. The summed E-state index contributed by atoms with van der Waals surface area (Å²) in [5, 5.41) is 8.55. The monoisotopic (exact) mass is 249 g/mol. The van der Waals surface area contributed by atoms with E-state index in [0.717, 1.165) is 29.6 Å². The molecule has 0 radical (unpaired) electrons. The van der Waals surface area contributed by atoms with Gasteiger partial charge in [-0.05, 0) is 29.4 Å². The molecule has 92 valence electrons. The molecule has 0 spiro atoms. The van der Waals surface area contributed by atoms with Crippen molar-refractivity contribution in [1.29, 1.82) is 5.26 Å². The van der Waals surface area contributed by atoms with Crippen molar-refractivity contribution in [3.8, 4) is 11.8 Å². The number of benzene rings is 1. The van der Waals surface area contributed by atoms with Gasteiger partial charge < -0.3 is 4.74 Å². The van der Waals surface area contributed by atoms with Crippen molar-refractivity contribution >= 4 is 11.8 Å². The first kappa shape index (κ1) is 13.9. The fourth-order valence-corrected chi connectivity index (χ4v) is 2.17. The quantitative estimate of drug-likeness (QED) is 0.693. The summed E-state index contributed by atoms with van der Waals surface area (Å²) in [6, 6.07) is 9.88. The zero-order valence-electron chi connectivity index (χ0n) is 10.5. The Bertz CT molecular complexity index is 353. The van der Waals surface area contributed by atoms with Crippen molar-refractivity contribution < 1.29 is 4.74 Å². The Hall–Kier alpha value is -1.14. The van der Waals surface area contributed by atoms with Crippen LogP contribution in [-0.2, 0) is 6.42 Å². The molecular formula is C14H19NOS. The maximum absolute atomic E-state index is 8.55. The lowest BCUT2D eigenvalue weighted by Crippen LogP contribution is -2.02. The minimum absolute atomic E-state index is 0.463. The van der Waals surface area contributed by atoms with E-state index < -0.39 is 0 Å². The van der Waals surface area contributed by atoms with Crippen LogP contribution in [0.15, 0.2) is 24.3 Å². The third-order valence-corrected chi connectivity index (χ3v) is 3.51. The molecule has 1 rings (SSSR count). The second-order valence-electron chi connectivity index (χ2n) is 4.30. The summed E-state index contributed by atoms with van der Waals surface area (Å²) in [7, 11) is 0. The summed E-state index contributed by atoms with van der Waals surface area (Å²) in [5.74, 6) is 3.84. The van der Waals surface area contributed by atoms with Gasteiger partial charge in [0.15, 0.2) is 0 Å². The van der Waals surface area contributed by atoms with Crippen LogP contribution in [-0.4, -0.2) is 18.1 Å². The van der Waals surface area contributed by atoms with Gasteiger partial charge in [-0.25, -0.2) is 0 Å². The number of rotatable bonds is 7. The van der Waals surface area contributed by atoms with Crippen molar-refractivity contribution in [2.45, 2.75) is 20.3 Å². The first-order chi connectivity index (χ1) is 8.22. The molecule has 1 aromatic rings. The van der Waals surface area contributed by atoms with E-state index in [1.165, 1.54) is 5.75 Å². The van der Waals surface area contributed by atoms with Crippen molar-refractivity contribution in [3.63, 3.8) is 0 Å². The molecule has 0 aromatic heterocycles.